The van der Waals surface area contributed by atoms with Crippen molar-refractivity contribution in [2.24, 2.45) is 17.3 Å². The van der Waals surface area contributed by atoms with Crippen molar-refractivity contribution in [2.45, 2.75) is 141 Å². The number of phenolic OH excluding ortho intramolecular Hbond substituents is 1. The Morgan fingerprint density at radius 3 is 2.35 bits per heavy atom. The number of nitrogen functional groups attached to an aromatic ring is 1. The third kappa shape index (κ3) is 13.9. The van der Waals surface area contributed by atoms with Crippen molar-refractivity contribution < 1.29 is 28.7 Å². The number of benzene rings is 2. The van der Waals surface area contributed by atoms with Crippen LogP contribution in [-0.2, 0) is 19.1 Å². The number of amides is 2. The SMILES string of the molecule is C/C=C\C.Cc1ncsc1-c1ccc(C(C)NC(=O)C2CCCN2C(=O)C(c2cc(N3CCC(CN4CCC5(CC4)CC(N4CCOC(CN6CCOC7(CCCN(c8cc(-c9ccccc9O)nnc8N)C7)C6)C4)C5)CC3)no2)C(C)C)cc1. The van der Waals surface area contributed by atoms with E-state index >= 15 is 0 Å². The Morgan fingerprint density at radius 2 is 1.62 bits per heavy atom. The number of piperidine rings is 3. The molecule has 18 nitrogen and oxygen atoms in total. The smallest absolute Gasteiger partial charge is 0.243 e. The van der Waals surface area contributed by atoms with Crippen LogP contribution in [0.5, 0.6) is 5.75 Å². The van der Waals surface area contributed by atoms with Crippen molar-refractivity contribution in [1.29, 1.82) is 0 Å². The molecule has 0 radical (unpaired) electrons. The number of ether oxygens (including phenoxy) is 2. The van der Waals surface area contributed by atoms with Crippen LogP contribution in [0.2, 0.25) is 0 Å². The summed E-state index contributed by atoms with van der Waals surface area (Å²) in [4.78, 5) is 48.3. The van der Waals surface area contributed by atoms with Gasteiger partial charge in [0.15, 0.2) is 17.4 Å². The summed E-state index contributed by atoms with van der Waals surface area (Å²) >= 11 is 1.63. The Balaban J connectivity index is 0.00000182. The summed E-state index contributed by atoms with van der Waals surface area (Å²) in [6, 6.07) is 19.4. The number of thiazole rings is 1. The molecule has 19 heteroatoms. The van der Waals surface area contributed by atoms with Gasteiger partial charge < -0.3 is 49.8 Å². The molecule has 0 bridgehead atoms. The van der Waals surface area contributed by atoms with E-state index in [4.69, 9.17) is 19.7 Å². The second kappa shape index (κ2) is 27.0. The summed E-state index contributed by atoms with van der Waals surface area (Å²) in [5.74, 6) is 1.88. The van der Waals surface area contributed by atoms with Crippen molar-refractivity contribution in [1.82, 2.24) is 45.3 Å². The van der Waals surface area contributed by atoms with Crippen molar-refractivity contribution in [2.75, 3.05) is 114 Å². The summed E-state index contributed by atoms with van der Waals surface area (Å²) in [6.07, 6.45) is 15.0. The van der Waals surface area contributed by atoms with Gasteiger partial charge in [0, 0.05) is 89.7 Å². The Morgan fingerprint density at radius 1 is 0.847 bits per heavy atom. The van der Waals surface area contributed by atoms with E-state index in [1.54, 1.807) is 28.4 Å². The van der Waals surface area contributed by atoms with Crippen LogP contribution in [0.4, 0.5) is 17.3 Å². The number of para-hydroxylation sites is 1. The lowest BCUT2D eigenvalue weighted by Gasteiger charge is -2.56. The first-order valence-corrected chi connectivity index (χ1v) is 32.6. The van der Waals surface area contributed by atoms with Crippen LogP contribution in [-0.4, -0.2) is 179 Å². The molecule has 1 saturated carbocycles. The minimum absolute atomic E-state index is 0.0294. The number of anilines is 3. The number of phenols is 1. The van der Waals surface area contributed by atoms with Crippen molar-refractivity contribution in [3.05, 3.63) is 95.3 Å². The normalized spacial score (nSPS) is 24.4. The second-order valence-electron chi connectivity index (χ2n) is 25.9. The molecule has 6 saturated heterocycles. The molecule has 1 aliphatic carbocycles. The molecule has 5 aromatic rings. The minimum atomic E-state index is -0.520. The highest BCUT2D eigenvalue weighted by molar-refractivity contribution is 7.13. The monoisotopic (exact) mass is 1180 g/mol. The highest BCUT2D eigenvalue weighted by Crippen LogP contribution is 2.51. The van der Waals surface area contributed by atoms with Gasteiger partial charge in [-0.05, 0) is 152 Å². The van der Waals surface area contributed by atoms with Gasteiger partial charge in [0.2, 0.25) is 11.8 Å². The molecule has 5 unspecified atom stereocenters. The molecule has 2 amide bonds. The largest absolute Gasteiger partial charge is 0.507 e. The molecule has 2 spiro atoms. The summed E-state index contributed by atoms with van der Waals surface area (Å²) < 4.78 is 19.2. The van der Waals surface area contributed by atoms with Gasteiger partial charge in [-0.2, -0.15) is 0 Å². The number of morpholine rings is 2. The van der Waals surface area contributed by atoms with Crippen LogP contribution >= 0.6 is 11.3 Å². The second-order valence-corrected chi connectivity index (χ2v) is 26.7. The number of carbonyl (C=O) groups is 2. The fraction of sp³-hybridized carbons (Fsp3) is 0.606. The number of hydrogen-bond acceptors (Lipinski definition) is 17. The quantitative estimate of drug-likeness (QED) is 0.0838. The molecular formula is C66H92N12O6S. The fourth-order valence-corrected chi connectivity index (χ4v) is 15.6. The Hall–Kier alpha value is -5.96. The van der Waals surface area contributed by atoms with E-state index in [0.717, 1.165) is 137 Å². The highest BCUT2D eigenvalue weighted by atomic mass is 32.1. The molecule has 2 aromatic carbocycles. The third-order valence-corrected chi connectivity index (χ3v) is 20.7. The van der Waals surface area contributed by atoms with Gasteiger partial charge in [-0.15, -0.1) is 21.5 Å². The molecule has 85 heavy (non-hydrogen) atoms. The highest BCUT2D eigenvalue weighted by Gasteiger charge is 2.49. The van der Waals surface area contributed by atoms with Gasteiger partial charge in [0.25, 0.3) is 0 Å². The van der Waals surface area contributed by atoms with E-state index in [-0.39, 0.29) is 41.2 Å². The summed E-state index contributed by atoms with van der Waals surface area (Å²) in [5.41, 5.74) is 13.7. The Labute approximate surface area is 507 Å². The predicted octanol–water partition coefficient (Wildman–Crippen LogP) is 9.57. The number of hydrogen-bond donors (Lipinski definition) is 3. The van der Waals surface area contributed by atoms with Crippen LogP contribution in [0, 0.1) is 24.2 Å². The summed E-state index contributed by atoms with van der Waals surface area (Å²) in [6.45, 7) is 25.8. The van der Waals surface area contributed by atoms with E-state index in [9.17, 15) is 14.7 Å². The molecule has 6 aliphatic heterocycles. The number of aromatic nitrogens is 4. The van der Waals surface area contributed by atoms with Crippen LogP contribution < -0.4 is 20.9 Å². The third-order valence-electron chi connectivity index (χ3n) is 19.8. The number of nitrogens with zero attached hydrogens (tertiary/aromatic N) is 10. The molecule has 12 rings (SSSR count). The molecule has 7 aliphatic rings. The van der Waals surface area contributed by atoms with Crippen molar-refractivity contribution in [3.63, 3.8) is 0 Å². The zero-order chi connectivity index (χ0) is 59.2. The number of aromatic hydroxyl groups is 1. The minimum Gasteiger partial charge on any atom is -0.507 e. The topological polar surface area (TPSA) is 195 Å². The van der Waals surface area contributed by atoms with E-state index in [2.05, 4.69) is 88.3 Å². The summed E-state index contributed by atoms with van der Waals surface area (Å²) in [5, 5.41) is 26.9. The number of nitrogens with one attached hydrogen (secondary N) is 1. The molecule has 4 N–H and O–H groups in total. The van der Waals surface area contributed by atoms with Crippen LogP contribution in [0.25, 0.3) is 21.7 Å². The van der Waals surface area contributed by atoms with Crippen LogP contribution in [0.3, 0.4) is 0 Å². The zero-order valence-electron chi connectivity index (χ0n) is 51.2. The van der Waals surface area contributed by atoms with Crippen LogP contribution in [0.15, 0.2) is 82.8 Å². The average Bonchev–Trinajstić information content (AvgIpc) is 3.47. The van der Waals surface area contributed by atoms with Crippen molar-refractivity contribution in [3.8, 4) is 27.4 Å². The molecular weight excluding hydrogens is 1090 g/mol. The molecule has 458 valence electrons. The number of likely N-dealkylation sites (tertiary alicyclic amines) is 2. The number of rotatable bonds is 15. The fourth-order valence-electron chi connectivity index (χ4n) is 14.8. The number of carbonyl (C=O) groups excluding carboxylic acids is 2. The van der Waals surface area contributed by atoms with Crippen LogP contribution in [0.1, 0.15) is 128 Å². The van der Waals surface area contributed by atoms with Crippen molar-refractivity contribution >= 4 is 40.5 Å². The van der Waals surface area contributed by atoms with E-state index in [1.807, 2.05) is 69.6 Å². The van der Waals surface area contributed by atoms with E-state index in [1.165, 1.54) is 38.8 Å². The standard InChI is InChI=1S/C62H84N12O6S.C4H8/c1-41(2)56(60(77)74-22-7-10-51(74)59(76)65-42(3)45-12-14-46(15-13-45)57-43(4)64-40-81-57)54-32-55(68-80-54)71-23-16-44(17-24-71)35-69-25-19-61(20-26-69)33-47(34-61)72-28-29-78-48(37-72)36-70-27-30-79-62(38-70)18-8-21-73(39-62)52-31-50(66-67-58(52)63)49-9-5-6-11-53(49)75;1-3-4-2/h5-6,9,11-15,31-32,40-42,44,47-48,51,56,75H,7-8,10,16-30,33-39H2,1-4H3,(H2,63,67)(H,65,76);3-4H,1-2H3/b;4-3-. The molecule has 7 fully saturated rings. The lowest BCUT2D eigenvalue weighted by molar-refractivity contribution is -0.141. The molecule has 9 heterocycles. The Bertz CT molecular complexity index is 3050. The van der Waals surface area contributed by atoms with Gasteiger partial charge in [0.05, 0.1) is 58.4 Å². The predicted molar refractivity (Wildman–Crippen MR) is 336 cm³/mol. The first-order chi connectivity index (χ1) is 41.2. The first kappa shape index (κ1) is 60.7. The molecule has 5 atom stereocenters. The average molecular weight is 1180 g/mol. The zero-order valence-corrected chi connectivity index (χ0v) is 52.0. The number of nitrogens with two attached hydrogens (primary N) is 1. The lowest BCUT2D eigenvalue weighted by Crippen LogP contribution is -2.62. The van der Waals surface area contributed by atoms with E-state index < -0.39 is 12.0 Å². The van der Waals surface area contributed by atoms with Gasteiger partial charge in [0.1, 0.15) is 17.7 Å². The van der Waals surface area contributed by atoms with E-state index in [0.29, 0.717) is 59.8 Å². The van der Waals surface area contributed by atoms with Gasteiger partial charge in [-0.25, -0.2) is 4.98 Å². The van der Waals surface area contributed by atoms with Gasteiger partial charge >= 0.3 is 0 Å². The lowest BCUT2D eigenvalue weighted by atomic mass is 9.60. The summed E-state index contributed by atoms with van der Waals surface area (Å²) in [7, 11) is 0. The Kier molecular flexibility index (Phi) is 19.3. The molecule has 3 aromatic heterocycles. The van der Waals surface area contributed by atoms with Gasteiger partial charge in [-0.3, -0.25) is 19.4 Å². The maximum atomic E-state index is 14.4. The van der Waals surface area contributed by atoms with Gasteiger partial charge in [-0.1, -0.05) is 67.6 Å². The number of allylic oxidation sites excluding steroid dienone is 2. The first-order valence-electron chi connectivity index (χ1n) is 31.7. The maximum absolute atomic E-state index is 14.4. The maximum Gasteiger partial charge on any atom is 0.243 e. The number of aryl methyl sites for hydroxylation is 1.